The van der Waals surface area contributed by atoms with E-state index in [0.717, 1.165) is 18.4 Å². The lowest BCUT2D eigenvalue weighted by atomic mass is 10.1. The van der Waals surface area contributed by atoms with E-state index in [9.17, 15) is 9.59 Å². The maximum atomic E-state index is 11.9. The third-order valence-corrected chi connectivity index (χ3v) is 3.99. The quantitative estimate of drug-likeness (QED) is 0.749. The molecule has 0 aromatic carbocycles. The fraction of sp³-hybridized carbons (Fsp3) is 0.538. The van der Waals surface area contributed by atoms with Crippen molar-refractivity contribution in [3.63, 3.8) is 0 Å². The number of nitrogens with one attached hydrogen (secondary N) is 2. The zero-order chi connectivity index (χ0) is 13.8. The van der Waals surface area contributed by atoms with E-state index in [-0.39, 0.29) is 24.5 Å². The molecule has 1 aromatic heterocycles. The molecule has 5 nitrogen and oxygen atoms in total. The van der Waals surface area contributed by atoms with E-state index in [1.807, 2.05) is 23.8 Å². The van der Waals surface area contributed by atoms with Gasteiger partial charge in [-0.15, -0.1) is 0 Å². The summed E-state index contributed by atoms with van der Waals surface area (Å²) in [5, 5.41) is 18.4. The predicted molar refractivity (Wildman–Crippen MR) is 73.2 cm³/mol. The zero-order valence-electron chi connectivity index (χ0n) is 10.8. The molecule has 0 bridgehead atoms. The molecule has 2 unspecified atom stereocenters. The molecule has 2 amide bonds. The molecule has 1 saturated carbocycles. The first-order valence-electron chi connectivity index (χ1n) is 6.37. The summed E-state index contributed by atoms with van der Waals surface area (Å²) in [5.74, 6) is -0.554. The smallest absolute Gasteiger partial charge is 0.315 e. The number of hydrogen-bond donors (Lipinski definition) is 3. The van der Waals surface area contributed by atoms with Crippen LogP contribution in [0.2, 0.25) is 0 Å². The van der Waals surface area contributed by atoms with Gasteiger partial charge in [-0.1, -0.05) is 0 Å². The van der Waals surface area contributed by atoms with Gasteiger partial charge < -0.3 is 15.7 Å². The first-order chi connectivity index (χ1) is 9.06. The van der Waals surface area contributed by atoms with Gasteiger partial charge in [0.05, 0.1) is 12.5 Å². The molecule has 104 valence electrons. The summed E-state index contributed by atoms with van der Waals surface area (Å²) >= 11 is 1.58. The Kier molecular flexibility index (Phi) is 4.42. The van der Waals surface area contributed by atoms with Gasteiger partial charge >= 0.3 is 12.0 Å². The van der Waals surface area contributed by atoms with Crippen LogP contribution in [-0.4, -0.2) is 23.1 Å². The Morgan fingerprint density at radius 2 is 2.21 bits per heavy atom. The van der Waals surface area contributed by atoms with Gasteiger partial charge in [-0.2, -0.15) is 11.3 Å². The van der Waals surface area contributed by atoms with Crippen LogP contribution < -0.4 is 10.6 Å². The number of amides is 2. The van der Waals surface area contributed by atoms with Gasteiger partial charge in [0, 0.05) is 6.04 Å². The van der Waals surface area contributed by atoms with Gasteiger partial charge in [-0.3, -0.25) is 4.79 Å². The van der Waals surface area contributed by atoms with Crippen molar-refractivity contribution in [3.05, 3.63) is 22.4 Å². The first kappa shape index (κ1) is 13.9. The summed E-state index contributed by atoms with van der Waals surface area (Å²) in [7, 11) is 0. The van der Waals surface area contributed by atoms with Crippen molar-refractivity contribution in [2.45, 2.75) is 38.3 Å². The second kappa shape index (κ2) is 6.06. The zero-order valence-corrected chi connectivity index (χ0v) is 11.6. The topological polar surface area (TPSA) is 78.4 Å². The van der Waals surface area contributed by atoms with Gasteiger partial charge in [-0.05, 0) is 48.1 Å². The minimum absolute atomic E-state index is 0.00901. The summed E-state index contributed by atoms with van der Waals surface area (Å²) in [5.41, 5.74) is 1.06. The highest BCUT2D eigenvalue weighted by Gasteiger charge is 2.33. The van der Waals surface area contributed by atoms with Crippen LogP contribution in [-0.2, 0) is 4.79 Å². The Labute approximate surface area is 116 Å². The Hall–Kier alpha value is -1.56. The van der Waals surface area contributed by atoms with E-state index in [0.29, 0.717) is 5.92 Å². The van der Waals surface area contributed by atoms with E-state index in [2.05, 4.69) is 10.6 Å². The Morgan fingerprint density at radius 3 is 2.74 bits per heavy atom. The summed E-state index contributed by atoms with van der Waals surface area (Å²) in [6.45, 7) is 1.91. The van der Waals surface area contributed by atoms with Crippen LogP contribution >= 0.6 is 11.3 Å². The minimum Gasteiger partial charge on any atom is -0.481 e. The van der Waals surface area contributed by atoms with E-state index in [1.54, 1.807) is 11.3 Å². The average Bonchev–Trinajstić information content (AvgIpc) is 3.02. The molecule has 6 heteroatoms. The summed E-state index contributed by atoms with van der Waals surface area (Å²) in [6.07, 6.45) is 1.99. The lowest BCUT2D eigenvalue weighted by molar-refractivity contribution is -0.137. The maximum Gasteiger partial charge on any atom is 0.315 e. The lowest BCUT2D eigenvalue weighted by Crippen LogP contribution is -2.44. The highest BCUT2D eigenvalue weighted by molar-refractivity contribution is 7.07. The van der Waals surface area contributed by atoms with Crippen LogP contribution in [0.3, 0.4) is 0 Å². The fourth-order valence-corrected chi connectivity index (χ4v) is 2.79. The van der Waals surface area contributed by atoms with E-state index in [4.69, 9.17) is 5.11 Å². The van der Waals surface area contributed by atoms with Crippen molar-refractivity contribution in [3.8, 4) is 0 Å². The molecule has 0 aliphatic heterocycles. The van der Waals surface area contributed by atoms with E-state index >= 15 is 0 Å². The number of carbonyl (C=O) groups is 2. The number of aliphatic carboxylic acids is 1. The lowest BCUT2D eigenvalue weighted by Gasteiger charge is -2.19. The monoisotopic (exact) mass is 282 g/mol. The van der Waals surface area contributed by atoms with E-state index < -0.39 is 5.97 Å². The third-order valence-electron chi connectivity index (χ3n) is 3.29. The molecule has 0 saturated heterocycles. The highest BCUT2D eigenvalue weighted by atomic mass is 32.1. The standard InChI is InChI=1S/C13H18N2O3S/c1-8(10-4-5-19-7-10)14-13(18)15-11(6-12(16)17)9-2-3-9/h4-5,7-9,11H,2-3,6H2,1H3,(H,16,17)(H2,14,15,18). The SMILES string of the molecule is CC(NC(=O)NC(CC(=O)O)C1CC1)c1ccsc1. The number of urea groups is 1. The largest absolute Gasteiger partial charge is 0.481 e. The van der Waals surface area contributed by atoms with Gasteiger partial charge in [0.15, 0.2) is 0 Å². The minimum atomic E-state index is -0.872. The van der Waals surface area contributed by atoms with Crippen LogP contribution in [0.15, 0.2) is 16.8 Å². The second-order valence-corrected chi connectivity index (χ2v) is 5.72. The molecule has 19 heavy (non-hydrogen) atoms. The Balaban J connectivity index is 1.83. The fourth-order valence-electron chi connectivity index (χ4n) is 2.03. The normalized spacial score (nSPS) is 17.5. The van der Waals surface area contributed by atoms with Gasteiger partial charge in [0.25, 0.3) is 0 Å². The van der Waals surface area contributed by atoms with Crippen molar-refractivity contribution in [2.24, 2.45) is 5.92 Å². The summed E-state index contributed by atoms with van der Waals surface area (Å²) < 4.78 is 0. The van der Waals surface area contributed by atoms with Crippen molar-refractivity contribution < 1.29 is 14.7 Å². The molecule has 0 radical (unpaired) electrons. The van der Waals surface area contributed by atoms with Crippen LogP contribution in [0.5, 0.6) is 0 Å². The third kappa shape index (κ3) is 4.24. The Morgan fingerprint density at radius 1 is 1.47 bits per heavy atom. The molecule has 2 atom stereocenters. The molecular formula is C13H18N2O3S. The van der Waals surface area contributed by atoms with Crippen LogP contribution in [0.1, 0.15) is 37.8 Å². The van der Waals surface area contributed by atoms with Crippen LogP contribution in [0.25, 0.3) is 0 Å². The molecule has 3 N–H and O–H groups in total. The van der Waals surface area contributed by atoms with E-state index in [1.165, 1.54) is 0 Å². The molecule has 1 heterocycles. The number of carboxylic acids is 1. The maximum absolute atomic E-state index is 11.9. The van der Waals surface area contributed by atoms with Gasteiger partial charge in [0.2, 0.25) is 0 Å². The van der Waals surface area contributed by atoms with Crippen molar-refractivity contribution in [2.75, 3.05) is 0 Å². The summed E-state index contributed by atoms with van der Waals surface area (Å²) in [4.78, 5) is 22.6. The number of thiophene rings is 1. The van der Waals surface area contributed by atoms with Crippen molar-refractivity contribution in [1.29, 1.82) is 0 Å². The van der Waals surface area contributed by atoms with Gasteiger partial charge in [-0.25, -0.2) is 4.79 Å². The van der Waals surface area contributed by atoms with Crippen LogP contribution in [0.4, 0.5) is 4.79 Å². The molecule has 1 aliphatic rings. The van der Waals surface area contributed by atoms with Crippen LogP contribution in [0, 0.1) is 5.92 Å². The molecule has 0 spiro atoms. The molecule has 2 rings (SSSR count). The number of rotatable bonds is 6. The predicted octanol–water partition coefficient (Wildman–Crippen LogP) is 2.36. The molecule has 1 aromatic rings. The van der Waals surface area contributed by atoms with Crippen molar-refractivity contribution in [1.82, 2.24) is 10.6 Å². The average molecular weight is 282 g/mol. The molecule has 1 fully saturated rings. The highest BCUT2D eigenvalue weighted by Crippen LogP contribution is 2.34. The Bertz CT molecular complexity index is 443. The number of carboxylic acid groups (broad SMARTS) is 1. The first-order valence-corrected chi connectivity index (χ1v) is 7.31. The van der Waals surface area contributed by atoms with Gasteiger partial charge in [0.1, 0.15) is 0 Å². The van der Waals surface area contributed by atoms with Crippen molar-refractivity contribution >= 4 is 23.3 Å². The molecule has 1 aliphatic carbocycles. The summed E-state index contributed by atoms with van der Waals surface area (Å²) in [6, 6.07) is 1.34. The number of hydrogen-bond acceptors (Lipinski definition) is 3. The number of carbonyl (C=O) groups excluding carboxylic acids is 1. The molecular weight excluding hydrogens is 264 g/mol. The second-order valence-electron chi connectivity index (χ2n) is 4.94.